The molecule has 16 atom stereocenters. The number of hydrogen-bond acceptors (Lipinski definition) is 35. The monoisotopic (exact) mass is 1730 g/mol. The van der Waals surface area contributed by atoms with Crippen LogP contribution in [0.5, 0.6) is 0 Å². The molecule has 41 nitrogen and oxygen atoms in total. The van der Waals surface area contributed by atoms with Crippen LogP contribution in [0.15, 0.2) is 37.6 Å². The maximum atomic E-state index is 13.6. The molecule has 682 valence electrons. The summed E-state index contributed by atoms with van der Waals surface area (Å²) in [5.41, 5.74) is 0. The van der Waals surface area contributed by atoms with Gasteiger partial charge >= 0.3 is 107 Å². The Kier molecular flexibility index (Phi) is 54.3. The van der Waals surface area contributed by atoms with Crippen LogP contribution in [0.3, 0.4) is 0 Å². The van der Waals surface area contributed by atoms with E-state index in [0.717, 1.165) is 57.7 Å². The number of ether oxygens (including phenoxy) is 14. The lowest BCUT2D eigenvalue weighted by atomic mass is 9.75. The molecule has 5 N–H and O–H groups in total. The summed E-state index contributed by atoms with van der Waals surface area (Å²) in [7, 11) is 0. The van der Waals surface area contributed by atoms with Gasteiger partial charge in [0.05, 0.1) is 168 Å². The highest BCUT2D eigenvalue weighted by Crippen LogP contribution is 2.38. The number of carbonyl (C=O) groups is 20. The molecule has 121 heavy (non-hydrogen) atoms. The zero-order chi connectivity index (χ0) is 92.3. The number of carbonyl (C=O) groups excluding carboxylic acids is 16. The van der Waals surface area contributed by atoms with Gasteiger partial charge in [-0.3, -0.25) is 81.5 Å². The number of hydrogen-bond donors (Lipinski definition) is 5. The molecule has 16 unspecified atom stereocenters. The summed E-state index contributed by atoms with van der Waals surface area (Å²) < 4.78 is 67.9. The number of rotatable bonds is 37. The molecule has 2 amide bonds. The number of morpholine rings is 3. The van der Waals surface area contributed by atoms with Crippen molar-refractivity contribution < 1.29 is 183 Å². The molecular formula is C80H119N3O38. The van der Waals surface area contributed by atoms with Crippen LogP contribution in [-0.4, -0.2) is 273 Å². The second kappa shape index (κ2) is 59.7. The van der Waals surface area contributed by atoms with Gasteiger partial charge < -0.3 is 102 Å². The minimum Gasteiger partial charge on any atom is -0.481 e. The molecule has 6 aliphatic rings. The van der Waals surface area contributed by atoms with Crippen molar-refractivity contribution in [2.75, 3.05) is 105 Å². The van der Waals surface area contributed by atoms with Gasteiger partial charge in [0.1, 0.15) is 0 Å². The average molecular weight is 1730 g/mol. The highest BCUT2D eigenvalue weighted by atomic mass is 16.6. The zero-order valence-electron chi connectivity index (χ0n) is 71.0. The summed E-state index contributed by atoms with van der Waals surface area (Å²) in [6.45, 7) is 33.4. The number of esters is 14. The molecule has 0 aromatic carbocycles. The van der Waals surface area contributed by atoms with E-state index in [1.807, 2.05) is 0 Å². The van der Waals surface area contributed by atoms with Crippen molar-refractivity contribution in [2.24, 2.45) is 76.9 Å². The lowest BCUT2D eigenvalue weighted by Crippen LogP contribution is -2.48. The summed E-state index contributed by atoms with van der Waals surface area (Å²) in [5, 5.41) is 42.4. The van der Waals surface area contributed by atoms with E-state index in [1.54, 1.807) is 48.5 Å². The number of aliphatic carboxylic acids is 4. The van der Waals surface area contributed by atoms with E-state index in [4.69, 9.17) is 42.6 Å². The molecule has 0 aliphatic carbocycles. The molecule has 0 radical (unpaired) electrons. The maximum Gasteiger partial charge on any atom is 0.338 e. The Morgan fingerprint density at radius 2 is 0.785 bits per heavy atom. The highest BCUT2D eigenvalue weighted by molar-refractivity contribution is 6.05. The molecule has 0 saturated carbocycles. The quantitative estimate of drug-likeness (QED) is 0.0195. The van der Waals surface area contributed by atoms with E-state index in [2.05, 4.69) is 42.2 Å². The van der Waals surface area contributed by atoms with Crippen molar-refractivity contribution in [1.82, 2.24) is 15.1 Å². The standard InChI is InChI=1S/C24H37NO12.C24H35NO11.C15H22O7.C5H8O2.C4H9NO.C4H2O3.C4H6O2/c1-5-36-24(34)16(10-13(2)37-15(4)26)11-18(20(27)25-6-8-35-9-7-25)19(23(32)33)12-17(22(30)31)14(3)21(28)29;1-5-34-23(31)16(10-13(2)35-15(4)26)11-18(20(27)25-6-8-33-9-7-25)19(21(28)29)12-17-14(3)22(30)36-24(17)32;1-5-20-14(18)11(6-8(2)21-10(4)16)7-12-9(3)13(17)22-15(12)19;1-3-5(6)7-4-2;1-3-6-4-2-5-1;5-3-1-2-4(6)7-3;1-3-6-4(2)5/h13-14,16-19H,5-12H2,1-4H3,(H,28,29)(H,30,31)(H,32,33);13-14,16-19H,5-12H2,1-4H3,(H,28,29);8-9,11-12H,5-7H2,1-4H3;3H,1,4H2,2H3;5H,1-4H2;1-2H;3H,1H2,2H3. The number of carboxylic acids is 4. The van der Waals surface area contributed by atoms with Gasteiger partial charge in [-0.25, -0.2) is 14.4 Å². The van der Waals surface area contributed by atoms with E-state index >= 15 is 0 Å². The Bertz CT molecular complexity index is 3490. The Hall–Kier alpha value is -10.9. The van der Waals surface area contributed by atoms with E-state index in [-0.39, 0.29) is 129 Å². The van der Waals surface area contributed by atoms with E-state index in [1.165, 1.54) is 51.3 Å². The minimum atomic E-state index is -1.61. The zero-order valence-corrected chi connectivity index (χ0v) is 71.0. The van der Waals surface area contributed by atoms with Crippen LogP contribution in [-0.2, 0) is 162 Å². The SMILES string of the molecule is C1COCCN1.C=CC(=O)OCC.C=COC(C)=O.CCOC(=O)C(CC(C)OC(C)=O)CC(C(=O)N1CCOCC1)C(CC(C(=O)O)C(C)C(=O)O)C(=O)O.CCOC(=O)C(CC(C)OC(C)=O)CC(C(=O)N1CCOCC1)C(CC1C(=O)OC(=O)C1C)C(=O)O.CCOC(=O)C(CC(C)OC(C)=O)CC1C(=O)OC(=O)C1C.O=C1C=CC(=O)O1. The largest absolute Gasteiger partial charge is 0.481 e. The number of amides is 2. The predicted octanol–water partition coefficient (Wildman–Crippen LogP) is 3.58. The van der Waals surface area contributed by atoms with Crippen molar-refractivity contribution in [3.63, 3.8) is 0 Å². The van der Waals surface area contributed by atoms with Crippen LogP contribution in [0.2, 0.25) is 0 Å². The van der Waals surface area contributed by atoms with Crippen LogP contribution < -0.4 is 5.32 Å². The summed E-state index contributed by atoms with van der Waals surface area (Å²) in [5.74, 6) is -29.3. The van der Waals surface area contributed by atoms with Gasteiger partial charge in [0.2, 0.25) is 11.8 Å². The van der Waals surface area contributed by atoms with Gasteiger partial charge in [0.15, 0.2) is 0 Å². The fourth-order valence-corrected chi connectivity index (χ4v) is 12.8. The van der Waals surface area contributed by atoms with Crippen LogP contribution in [0.1, 0.15) is 148 Å². The smallest absolute Gasteiger partial charge is 0.338 e. The summed E-state index contributed by atoms with van der Waals surface area (Å²) in [6, 6.07) is 0. The molecule has 5 fully saturated rings. The summed E-state index contributed by atoms with van der Waals surface area (Å²) >= 11 is 0. The van der Waals surface area contributed by atoms with Crippen molar-refractivity contribution in [1.29, 1.82) is 0 Å². The summed E-state index contributed by atoms with van der Waals surface area (Å²) in [4.78, 5) is 237. The van der Waals surface area contributed by atoms with Crippen molar-refractivity contribution in [3.8, 4) is 0 Å². The van der Waals surface area contributed by atoms with E-state index in [9.17, 15) is 116 Å². The molecule has 41 heteroatoms. The van der Waals surface area contributed by atoms with Crippen molar-refractivity contribution in [3.05, 3.63) is 37.6 Å². The third-order valence-electron chi connectivity index (χ3n) is 18.7. The van der Waals surface area contributed by atoms with Crippen LogP contribution >= 0.6 is 0 Å². The topological polar surface area (TPSA) is 570 Å². The minimum absolute atomic E-state index is 0.0119. The molecule has 6 aliphatic heterocycles. The summed E-state index contributed by atoms with van der Waals surface area (Å²) in [6.07, 6.45) is 1.29. The molecule has 0 aromatic heterocycles. The molecule has 0 spiro atoms. The van der Waals surface area contributed by atoms with Gasteiger partial charge in [0, 0.05) is 85.2 Å². The van der Waals surface area contributed by atoms with Crippen LogP contribution in [0, 0.1) is 76.9 Å². The molecule has 6 rings (SSSR count). The molecule has 0 bridgehead atoms. The lowest BCUT2D eigenvalue weighted by Gasteiger charge is -2.35. The Balaban J connectivity index is 0.00000157. The fourth-order valence-electron chi connectivity index (χ4n) is 12.8. The van der Waals surface area contributed by atoms with Gasteiger partial charge in [0.25, 0.3) is 0 Å². The first-order chi connectivity index (χ1) is 56.9. The Morgan fingerprint density at radius 3 is 1.04 bits per heavy atom. The average Bonchev–Trinajstić information content (AvgIpc) is 1.79. The van der Waals surface area contributed by atoms with Crippen LogP contribution in [0.4, 0.5) is 0 Å². The number of cyclic esters (lactones) is 6. The normalized spacial score (nSPS) is 19.9. The Labute approximate surface area is 701 Å². The van der Waals surface area contributed by atoms with Gasteiger partial charge in [-0.1, -0.05) is 33.9 Å². The van der Waals surface area contributed by atoms with E-state index < -0.39 is 209 Å². The lowest BCUT2D eigenvalue weighted by molar-refractivity contribution is -0.161. The maximum absolute atomic E-state index is 13.6. The molecule has 6 heterocycles. The first-order valence-corrected chi connectivity index (χ1v) is 39.3. The van der Waals surface area contributed by atoms with Crippen molar-refractivity contribution >= 4 is 119 Å². The third-order valence-corrected chi connectivity index (χ3v) is 18.7. The van der Waals surface area contributed by atoms with Crippen LogP contribution in [0.25, 0.3) is 0 Å². The second-order valence-electron chi connectivity index (χ2n) is 28.0. The van der Waals surface area contributed by atoms with Crippen molar-refractivity contribution in [2.45, 2.75) is 167 Å². The van der Waals surface area contributed by atoms with Gasteiger partial charge in [-0.15, -0.1) is 0 Å². The first-order valence-electron chi connectivity index (χ1n) is 39.3. The van der Waals surface area contributed by atoms with E-state index in [0.29, 0.717) is 6.61 Å². The Morgan fingerprint density at radius 1 is 0.438 bits per heavy atom. The number of nitrogens with one attached hydrogen (secondary N) is 1. The molecule has 0 aromatic rings. The first kappa shape index (κ1) is 110. The van der Waals surface area contributed by atoms with Gasteiger partial charge in [-0.05, 0) is 99.8 Å². The third kappa shape index (κ3) is 43.7. The fraction of sp³-hybridized carbons (Fsp3) is 0.675. The van der Waals surface area contributed by atoms with Gasteiger partial charge in [-0.2, -0.15) is 0 Å². The number of carboxylic acid groups (broad SMARTS) is 4. The molecule has 5 saturated heterocycles. The highest BCUT2D eigenvalue weighted by Gasteiger charge is 2.50. The predicted molar refractivity (Wildman–Crippen MR) is 413 cm³/mol. The molecular weight excluding hydrogens is 1610 g/mol. The number of nitrogens with zero attached hydrogens (tertiary/aromatic N) is 2. The second-order valence-corrected chi connectivity index (χ2v) is 28.0.